The molecule has 7 nitrogen and oxygen atoms in total. The number of carbonyl (C=O) groups is 1. The van der Waals surface area contributed by atoms with Crippen molar-refractivity contribution in [2.45, 2.75) is 51.0 Å². The number of carboxylic acids is 1. The van der Waals surface area contributed by atoms with E-state index in [9.17, 15) is 9.90 Å². The van der Waals surface area contributed by atoms with Crippen LogP contribution in [-0.2, 0) is 24.1 Å². The number of carboxylic acid groups (broad SMARTS) is 1. The Bertz CT molecular complexity index is 1030. The first-order valence-corrected chi connectivity index (χ1v) is 11.3. The summed E-state index contributed by atoms with van der Waals surface area (Å²) < 4.78 is 5.53. The van der Waals surface area contributed by atoms with Gasteiger partial charge >= 0.3 is 5.97 Å². The topological polar surface area (TPSA) is 110 Å². The summed E-state index contributed by atoms with van der Waals surface area (Å²) in [6.45, 7) is 1.66. The Morgan fingerprint density at radius 1 is 1.28 bits per heavy atom. The van der Waals surface area contributed by atoms with Crippen LogP contribution in [0.1, 0.15) is 54.1 Å². The van der Waals surface area contributed by atoms with Crippen LogP contribution in [0.2, 0.25) is 0 Å². The van der Waals surface area contributed by atoms with E-state index in [1.54, 1.807) is 12.3 Å². The highest BCUT2D eigenvalue weighted by Crippen LogP contribution is 2.30. The number of pyridine rings is 1. The minimum atomic E-state index is -0.882. The third-order valence-corrected chi connectivity index (χ3v) is 5.87. The number of hydrogen-bond donors (Lipinski definition) is 3. The molecular weight excluding hydrogens is 404 g/mol. The predicted molar refractivity (Wildman–Crippen MR) is 125 cm³/mol. The van der Waals surface area contributed by atoms with Gasteiger partial charge in [-0.3, -0.25) is 9.79 Å². The SMILES string of the molecule is NC(=CC=NC(CC(=O)O)c1ccc2c(c1)CCO2)CCCc1ccc2c(n1)NCCC2. The molecule has 168 valence electrons. The van der Waals surface area contributed by atoms with Crippen LogP contribution < -0.4 is 15.8 Å². The summed E-state index contributed by atoms with van der Waals surface area (Å²) in [4.78, 5) is 20.5. The summed E-state index contributed by atoms with van der Waals surface area (Å²) in [7, 11) is 0. The van der Waals surface area contributed by atoms with Crippen molar-refractivity contribution in [3.63, 3.8) is 0 Å². The van der Waals surface area contributed by atoms with Gasteiger partial charge in [-0.05, 0) is 73.1 Å². The number of nitrogens with two attached hydrogens (primary N) is 1. The number of aryl methyl sites for hydroxylation is 2. The van der Waals surface area contributed by atoms with E-state index in [2.05, 4.69) is 22.4 Å². The molecule has 4 N–H and O–H groups in total. The van der Waals surface area contributed by atoms with Gasteiger partial charge in [0.05, 0.1) is 19.1 Å². The minimum absolute atomic E-state index is 0.0675. The molecule has 0 fully saturated rings. The first kappa shape index (κ1) is 21.9. The molecule has 32 heavy (non-hydrogen) atoms. The van der Waals surface area contributed by atoms with Crippen molar-refractivity contribution in [3.05, 3.63) is 64.5 Å². The lowest BCUT2D eigenvalue weighted by Gasteiger charge is -2.17. The number of nitrogens with zero attached hydrogens (tertiary/aromatic N) is 2. The summed E-state index contributed by atoms with van der Waals surface area (Å²) >= 11 is 0. The molecule has 1 unspecified atom stereocenters. The molecular formula is C25H30N4O3. The van der Waals surface area contributed by atoms with Gasteiger partial charge in [-0.25, -0.2) is 4.98 Å². The molecule has 2 aliphatic heterocycles. The third kappa shape index (κ3) is 5.66. The molecule has 0 amide bonds. The van der Waals surface area contributed by atoms with Crippen LogP contribution in [-0.4, -0.2) is 35.4 Å². The van der Waals surface area contributed by atoms with Crippen molar-refractivity contribution < 1.29 is 14.6 Å². The number of aromatic nitrogens is 1. The number of nitrogens with one attached hydrogen (secondary N) is 1. The second kappa shape index (κ2) is 10.3. The Hall–Kier alpha value is -3.35. The van der Waals surface area contributed by atoms with Gasteiger partial charge in [-0.2, -0.15) is 0 Å². The Labute approximate surface area is 188 Å². The maximum atomic E-state index is 11.3. The zero-order valence-electron chi connectivity index (χ0n) is 18.2. The molecule has 1 aromatic heterocycles. The van der Waals surface area contributed by atoms with Crippen molar-refractivity contribution in [1.82, 2.24) is 4.98 Å². The highest BCUT2D eigenvalue weighted by molar-refractivity contribution is 5.73. The van der Waals surface area contributed by atoms with E-state index in [0.717, 1.165) is 79.2 Å². The molecule has 3 heterocycles. The Morgan fingerprint density at radius 2 is 2.19 bits per heavy atom. The van der Waals surface area contributed by atoms with Crippen molar-refractivity contribution in [1.29, 1.82) is 0 Å². The Morgan fingerprint density at radius 3 is 3.06 bits per heavy atom. The number of rotatable bonds is 9. The fourth-order valence-corrected chi connectivity index (χ4v) is 4.14. The number of anilines is 1. The van der Waals surface area contributed by atoms with Gasteiger partial charge in [0.25, 0.3) is 0 Å². The van der Waals surface area contributed by atoms with E-state index in [1.165, 1.54) is 5.56 Å². The lowest BCUT2D eigenvalue weighted by atomic mass is 10.0. The van der Waals surface area contributed by atoms with Gasteiger partial charge in [0.2, 0.25) is 0 Å². The van der Waals surface area contributed by atoms with Crippen LogP contribution in [0.3, 0.4) is 0 Å². The fraction of sp³-hybridized carbons (Fsp3) is 0.400. The molecule has 0 aliphatic carbocycles. The molecule has 4 rings (SSSR count). The lowest BCUT2D eigenvalue weighted by Crippen LogP contribution is -2.14. The van der Waals surface area contributed by atoms with Crippen molar-refractivity contribution in [3.8, 4) is 5.75 Å². The van der Waals surface area contributed by atoms with Crippen LogP contribution in [0.15, 0.2) is 47.1 Å². The van der Waals surface area contributed by atoms with Crippen LogP contribution in [0, 0.1) is 0 Å². The summed E-state index contributed by atoms with van der Waals surface area (Å²) in [6, 6.07) is 9.61. The van der Waals surface area contributed by atoms with E-state index < -0.39 is 12.0 Å². The van der Waals surface area contributed by atoms with E-state index in [-0.39, 0.29) is 6.42 Å². The summed E-state index contributed by atoms with van der Waals surface area (Å²) in [5.41, 5.74) is 11.2. The van der Waals surface area contributed by atoms with Gasteiger partial charge in [0, 0.05) is 30.6 Å². The number of fused-ring (bicyclic) bond motifs is 2. The van der Waals surface area contributed by atoms with E-state index in [1.807, 2.05) is 18.2 Å². The Kier molecular flexibility index (Phi) is 7.04. The molecule has 1 atom stereocenters. The quantitative estimate of drug-likeness (QED) is 0.518. The smallest absolute Gasteiger partial charge is 0.305 e. The van der Waals surface area contributed by atoms with Gasteiger partial charge in [0.15, 0.2) is 0 Å². The van der Waals surface area contributed by atoms with Crippen molar-refractivity contribution in [2.75, 3.05) is 18.5 Å². The number of aliphatic imine (C=N–C) groups is 1. The molecule has 0 saturated carbocycles. The Balaban J connectivity index is 1.32. The van der Waals surface area contributed by atoms with Gasteiger partial charge < -0.3 is 20.9 Å². The number of aliphatic carboxylic acids is 1. The molecule has 2 aliphatic rings. The number of hydrogen-bond acceptors (Lipinski definition) is 6. The molecule has 7 heteroatoms. The second-order valence-electron chi connectivity index (χ2n) is 8.31. The maximum absolute atomic E-state index is 11.3. The normalized spacial score (nSPS) is 16.2. The highest BCUT2D eigenvalue weighted by Gasteiger charge is 2.18. The largest absolute Gasteiger partial charge is 0.493 e. The van der Waals surface area contributed by atoms with Crippen molar-refractivity contribution in [2.24, 2.45) is 10.7 Å². The van der Waals surface area contributed by atoms with Crippen LogP contribution in [0.25, 0.3) is 0 Å². The van der Waals surface area contributed by atoms with E-state index in [0.29, 0.717) is 6.61 Å². The zero-order chi connectivity index (χ0) is 22.3. The van der Waals surface area contributed by atoms with E-state index in [4.69, 9.17) is 15.5 Å². The molecule has 0 radical (unpaired) electrons. The maximum Gasteiger partial charge on any atom is 0.305 e. The molecule has 2 aromatic rings. The summed E-state index contributed by atoms with van der Waals surface area (Å²) in [5.74, 6) is 1.01. The summed E-state index contributed by atoms with van der Waals surface area (Å²) in [5, 5.41) is 12.7. The molecule has 0 spiro atoms. The molecule has 0 bridgehead atoms. The number of ether oxygens (including phenoxy) is 1. The van der Waals surface area contributed by atoms with Crippen LogP contribution in [0.5, 0.6) is 5.75 Å². The van der Waals surface area contributed by atoms with Crippen LogP contribution in [0.4, 0.5) is 5.82 Å². The van der Waals surface area contributed by atoms with Gasteiger partial charge in [-0.15, -0.1) is 0 Å². The van der Waals surface area contributed by atoms with E-state index >= 15 is 0 Å². The molecule has 0 saturated heterocycles. The first-order chi connectivity index (χ1) is 15.6. The monoisotopic (exact) mass is 434 g/mol. The number of allylic oxidation sites excluding steroid dienone is 2. The first-order valence-electron chi connectivity index (χ1n) is 11.3. The summed E-state index contributed by atoms with van der Waals surface area (Å²) in [6.07, 6.45) is 8.91. The van der Waals surface area contributed by atoms with Gasteiger partial charge in [-0.1, -0.05) is 12.1 Å². The third-order valence-electron chi connectivity index (χ3n) is 5.87. The van der Waals surface area contributed by atoms with Crippen LogP contribution >= 0.6 is 0 Å². The highest BCUT2D eigenvalue weighted by atomic mass is 16.5. The van der Waals surface area contributed by atoms with Crippen molar-refractivity contribution >= 4 is 18.0 Å². The molecule has 1 aromatic carbocycles. The number of benzene rings is 1. The zero-order valence-corrected chi connectivity index (χ0v) is 18.2. The van der Waals surface area contributed by atoms with Gasteiger partial charge in [0.1, 0.15) is 11.6 Å². The second-order valence-corrected chi connectivity index (χ2v) is 8.31. The minimum Gasteiger partial charge on any atom is -0.493 e. The average Bonchev–Trinajstić information content (AvgIpc) is 3.26. The predicted octanol–water partition coefficient (Wildman–Crippen LogP) is 3.83. The standard InChI is InChI=1S/C25H30N4O3/c26-20(4-1-5-21-8-6-17-3-2-12-28-25(17)29-21)10-13-27-22(16-24(30)31)18-7-9-23-19(15-18)11-14-32-23/h6-10,13,15,22H,1-5,11-12,14,16,26H2,(H,28,29)(H,30,31). The lowest BCUT2D eigenvalue weighted by molar-refractivity contribution is -0.137. The average molecular weight is 435 g/mol. The fourth-order valence-electron chi connectivity index (χ4n) is 4.14.